The molecule has 0 radical (unpaired) electrons. The van der Waals surface area contributed by atoms with E-state index in [9.17, 15) is 22.8 Å². The summed E-state index contributed by atoms with van der Waals surface area (Å²) in [6, 6.07) is 11.1. The van der Waals surface area contributed by atoms with Crippen molar-refractivity contribution in [1.29, 1.82) is 0 Å². The Morgan fingerprint density at radius 1 is 1.11 bits per heavy atom. The molecule has 0 saturated carbocycles. The van der Waals surface area contributed by atoms with Gasteiger partial charge in [0.1, 0.15) is 5.75 Å². The molecule has 1 amide bonds. The largest absolute Gasteiger partial charge is 0.496 e. The van der Waals surface area contributed by atoms with Gasteiger partial charge in [0, 0.05) is 17.3 Å². The third-order valence-electron chi connectivity index (χ3n) is 3.36. The minimum absolute atomic E-state index is 0.0459. The number of carbonyl (C=O) groups is 2. The Bertz CT molecular complexity index is 847. The van der Waals surface area contributed by atoms with E-state index in [1.165, 1.54) is 25.3 Å². The standard InChI is InChI=1S/C19H16F3NO4/c1-26-16-8-3-2-5-13(16)9-10-18(25)27-12-17(24)23-15-7-4-6-14(11-15)19(20,21)22/h2-11H,12H2,1H3,(H,23,24)/b10-9+. The Kier molecular flexibility index (Phi) is 6.59. The van der Waals surface area contributed by atoms with Gasteiger partial charge in [-0.3, -0.25) is 4.79 Å². The van der Waals surface area contributed by atoms with Gasteiger partial charge in [0.2, 0.25) is 0 Å². The number of halogens is 3. The lowest BCUT2D eigenvalue weighted by molar-refractivity contribution is -0.142. The predicted octanol–water partition coefficient (Wildman–Crippen LogP) is 3.91. The van der Waals surface area contributed by atoms with Gasteiger partial charge in [0.05, 0.1) is 12.7 Å². The van der Waals surface area contributed by atoms with E-state index in [4.69, 9.17) is 9.47 Å². The summed E-state index contributed by atoms with van der Waals surface area (Å²) in [6.07, 6.45) is -1.93. The zero-order valence-corrected chi connectivity index (χ0v) is 14.2. The van der Waals surface area contributed by atoms with Crippen LogP contribution in [0.4, 0.5) is 18.9 Å². The summed E-state index contributed by atoms with van der Waals surface area (Å²) in [5, 5.41) is 2.24. The quantitative estimate of drug-likeness (QED) is 0.611. The zero-order valence-electron chi connectivity index (χ0n) is 14.2. The van der Waals surface area contributed by atoms with Crippen molar-refractivity contribution in [3.63, 3.8) is 0 Å². The minimum Gasteiger partial charge on any atom is -0.496 e. The van der Waals surface area contributed by atoms with Crippen LogP contribution >= 0.6 is 0 Å². The molecule has 0 aliphatic carbocycles. The number of para-hydroxylation sites is 1. The lowest BCUT2D eigenvalue weighted by Gasteiger charge is -2.09. The van der Waals surface area contributed by atoms with E-state index in [2.05, 4.69) is 5.32 Å². The molecule has 0 heterocycles. The first-order valence-corrected chi connectivity index (χ1v) is 7.74. The first-order chi connectivity index (χ1) is 12.8. The fourth-order valence-electron chi connectivity index (χ4n) is 2.12. The van der Waals surface area contributed by atoms with Crippen LogP contribution in [0.2, 0.25) is 0 Å². The second-order valence-electron chi connectivity index (χ2n) is 5.31. The highest BCUT2D eigenvalue weighted by Gasteiger charge is 2.30. The molecule has 0 unspecified atom stereocenters. The summed E-state index contributed by atoms with van der Waals surface area (Å²) < 4.78 is 47.8. The zero-order chi connectivity index (χ0) is 19.9. The maximum atomic E-state index is 12.6. The molecule has 0 saturated heterocycles. The number of benzene rings is 2. The van der Waals surface area contributed by atoms with Gasteiger partial charge < -0.3 is 14.8 Å². The third kappa shape index (κ3) is 6.18. The number of hydrogen-bond acceptors (Lipinski definition) is 4. The average Bonchev–Trinajstić information content (AvgIpc) is 2.64. The van der Waals surface area contributed by atoms with E-state index in [1.54, 1.807) is 24.3 Å². The fourth-order valence-corrected chi connectivity index (χ4v) is 2.12. The van der Waals surface area contributed by atoms with Gasteiger partial charge in [-0.25, -0.2) is 4.79 Å². The van der Waals surface area contributed by atoms with Crippen molar-refractivity contribution in [2.45, 2.75) is 6.18 Å². The van der Waals surface area contributed by atoms with Crippen molar-refractivity contribution < 1.29 is 32.2 Å². The van der Waals surface area contributed by atoms with Crippen LogP contribution < -0.4 is 10.1 Å². The van der Waals surface area contributed by atoms with Crippen LogP contribution in [-0.2, 0) is 20.5 Å². The normalized spacial score (nSPS) is 11.3. The van der Waals surface area contributed by atoms with Crippen LogP contribution in [0.15, 0.2) is 54.6 Å². The maximum absolute atomic E-state index is 12.6. The molecule has 0 bridgehead atoms. The summed E-state index contributed by atoms with van der Waals surface area (Å²) in [6.45, 7) is -0.634. The van der Waals surface area contributed by atoms with Crippen molar-refractivity contribution in [3.05, 3.63) is 65.7 Å². The molecule has 0 aliphatic heterocycles. The summed E-state index contributed by atoms with van der Waals surface area (Å²) >= 11 is 0. The molecular weight excluding hydrogens is 363 g/mol. The smallest absolute Gasteiger partial charge is 0.416 e. The van der Waals surface area contributed by atoms with Crippen molar-refractivity contribution in [2.24, 2.45) is 0 Å². The summed E-state index contributed by atoms with van der Waals surface area (Å²) in [7, 11) is 1.49. The monoisotopic (exact) mass is 379 g/mol. The molecule has 2 aromatic rings. The molecule has 0 aliphatic rings. The predicted molar refractivity (Wildman–Crippen MR) is 93.1 cm³/mol. The number of hydrogen-bond donors (Lipinski definition) is 1. The lowest BCUT2D eigenvalue weighted by Crippen LogP contribution is -2.20. The highest BCUT2D eigenvalue weighted by Crippen LogP contribution is 2.30. The van der Waals surface area contributed by atoms with Crippen LogP contribution in [0.1, 0.15) is 11.1 Å². The van der Waals surface area contributed by atoms with E-state index in [1.807, 2.05) is 0 Å². The average molecular weight is 379 g/mol. The molecule has 0 aromatic heterocycles. The number of alkyl halides is 3. The van der Waals surface area contributed by atoms with Gasteiger partial charge in [0.25, 0.3) is 5.91 Å². The molecule has 0 fully saturated rings. The number of methoxy groups -OCH3 is 1. The Balaban J connectivity index is 1.88. The number of rotatable bonds is 6. The Hall–Kier alpha value is -3.29. The van der Waals surface area contributed by atoms with Crippen molar-refractivity contribution in [1.82, 2.24) is 0 Å². The Morgan fingerprint density at radius 3 is 2.56 bits per heavy atom. The van der Waals surface area contributed by atoms with E-state index >= 15 is 0 Å². The topological polar surface area (TPSA) is 64.6 Å². The Labute approximate surface area is 153 Å². The third-order valence-corrected chi connectivity index (χ3v) is 3.36. The van der Waals surface area contributed by atoms with Crippen LogP contribution in [-0.4, -0.2) is 25.6 Å². The molecule has 5 nitrogen and oxygen atoms in total. The fraction of sp³-hybridized carbons (Fsp3) is 0.158. The van der Waals surface area contributed by atoms with Crippen LogP contribution in [0.3, 0.4) is 0 Å². The molecule has 2 aromatic carbocycles. The van der Waals surface area contributed by atoms with Gasteiger partial charge >= 0.3 is 12.1 Å². The molecular formula is C19H16F3NO4. The lowest BCUT2D eigenvalue weighted by atomic mass is 10.2. The van der Waals surface area contributed by atoms with Crippen LogP contribution in [0.5, 0.6) is 5.75 Å². The van der Waals surface area contributed by atoms with Gasteiger partial charge in [-0.15, -0.1) is 0 Å². The van der Waals surface area contributed by atoms with E-state index in [-0.39, 0.29) is 5.69 Å². The summed E-state index contributed by atoms with van der Waals surface area (Å²) in [5.74, 6) is -0.975. The highest BCUT2D eigenvalue weighted by atomic mass is 19.4. The minimum atomic E-state index is -4.52. The molecule has 0 spiro atoms. The van der Waals surface area contributed by atoms with Crippen molar-refractivity contribution >= 4 is 23.6 Å². The molecule has 2 rings (SSSR count). The van der Waals surface area contributed by atoms with Gasteiger partial charge in [-0.05, 0) is 30.3 Å². The molecule has 27 heavy (non-hydrogen) atoms. The molecule has 1 N–H and O–H groups in total. The molecule has 142 valence electrons. The summed E-state index contributed by atoms with van der Waals surface area (Å²) in [4.78, 5) is 23.4. The molecule has 8 heteroatoms. The van der Waals surface area contributed by atoms with Gasteiger partial charge in [0.15, 0.2) is 6.61 Å². The summed E-state index contributed by atoms with van der Waals surface area (Å²) in [5.41, 5.74) is -0.294. The number of carbonyl (C=O) groups excluding carboxylic acids is 2. The van der Waals surface area contributed by atoms with Gasteiger partial charge in [-0.1, -0.05) is 24.3 Å². The number of anilines is 1. The Morgan fingerprint density at radius 2 is 1.85 bits per heavy atom. The maximum Gasteiger partial charge on any atom is 0.416 e. The van der Waals surface area contributed by atoms with E-state index in [0.717, 1.165) is 18.2 Å². The number of nitrogens with one attached hydrogen (secondary N) is 1. The first kappa shape index (κ1) is 20.0. The van der Waals surface area contributed by atoms with E-state index < -0.39 is 30.2 Å². The molecule has 0 atom stereocenters. The second kappa shape index (κ2) is 8.88. The van der Waals surface area contributed by atoms with Crippen LogP contribution in [0, 0.1) is 0 Å². The SMILES string of the molecule is COc1ccccc1/C=C/C(=O)OCC(=O)Nc1cccc(C(F)(F)F)c1. The van der Waals surface area contributed by atoms with Crippen molar-refractivity contribution in [2.75, 3.05) is 19.0 Å². The highest BCUT2D eigenvalue weighted by molar-refractivity contribution is 5.94. The van der Waals surface area contributed by atoms with E-state index in [0.29, 0.717) is 11.3 Å². The first-order valence-electron chi connectivity index (χ1n) is 7.74. The van der Waals surface area contributed by atoms with Crippen molar-refractivity contribution in [3.8, 4) is 5.75 Å². The number of amides is 1. The van der Waals surface area contributed by atoms with Crippen LogP contribution in [0.25, 0.3) is 6.08 Å². The number of ether oxygens (including phenoxy) is 2. The second-order valence-corrected chi connectivity index (χ2v) is 5.31. The number of esters is 1. The van der Waals surface area contributed by atoms with Gasteiger partial charge in [-0.2, -0.15) is 13.2 Å².